The fraction of sp³-hybridized carbons (Fsp3) is 0.571. The highest BCUT2D eigenvalue weighted by molar-refractivity contribution is 5.68. The Hall–Kier alpha value is -1.85. The van der Waals surface area contributed by atoms with Crippen LogP contribution in [0, 0.1) is 0 Å². The first-order chi connectivity index (χ1) is 12.2. The Labute approximate surface area is 157 Å². The summed E-state index contributed by atoms with van der Waals surface area (Å²) in [5, 5.41) is 0. The van der Waals surface area contributed by atoms with Crippen LogP contribution in [0.3, 0.4) is 0 Å². The molecule has 1 aliphatic heterocycles. The first kappa shape index (κ1) is 20.5. The van der Waals surface area contributed by atoms with Crippen molar-refractivity contribution in [1.29, 1.82) is 0 Å². The Morgan fingerprint density at radius 1 is 1.23 bits per heavy atom. The zero-order valence-electron chi connectivity index (χ0n) is 16.5. The van der Waals surface area contributed by atoms with Crippen molar-refractivity contribution >= 4 is 6.09 Å². The lowest BCUT2D eigenvalue weighted by molar-refractivity contribution is -0.0209. The highest BCUT2D eigenvalue weighted by atomic mass is 16.6. The molecule has 0 radical (unpaired) electrons. The molecule has 0 bridgehead atoms. The van der Waals surface area contributed by atoms with Crippen molar-refractivity contribution in [2.24, 2.45) is 0 Å². The van der Waals surface area contributed by atoms with Crippen LogP contribution in [-0.4, -0.2) is 60.4 Å². The number of nitrogens with zero attached hydrogens (tertiary/aromatic N) is 2. The van der Waals surface area contributed by atoms with Gasteiger partial charge in [-0.3, -0.25) is 4.90 Å². The number of ether oxygens (including phenoxy) is 2. The zero-order chi connectivity index (χ0) is 19.2. The van der Waals surface area contributed by atoms with Gasteiger partial charge in [-0.25, -0.2) is 4.79 Å². The van der Waals surface area contributed by atoms with Gasteiger partial charge in [0.15, 0.2) is 0 Å². The summed E-state index contributed by atoms with van der Waals surface area (Å²) in [6.07, 6.45) is -0.263. The summed E-state index contributed by atoms with van der Waals surface area (Å²) in [7, 11) is 0. The summed E-state index contributed by atoms with van der Waals surface area (Å²) in [6, 6.07) is 10.4. The second kappa shape index (κ2) is 9.19. The number of carbonyl (C=O) groups excluding carboxylic acids is 1. The van der Waals surface area contributed by atoms with Crippen LogP contribution in [0.15, 0.2) is 42.5 Å². The molecule has 5 heteroatoms. The zero-order valence-corrected chi connectivity index (χ0v) is 16.5. The summed E-state index contributed by atoms with van der Waals surface area (Å²) in [4.78, 5) is 16.8. The van der Waals surface area contributed by atoms with E-state index in [1.54, 1.807) is 0 Å². The third-order valence-electron chi connectivity index (χ3n) is 4.10. The van der Waals surface area contributed by atoms with E-state index in [1.807, 2.05) is 38.7 Å². The summed E-state index contributed by atoms with van der Waals surface area (Å²) in [5.74, 6) is 0. The second-order valence-corrected chi connectivity index (χ2v) is 8.02. The van der Waals surface area contributed by atoms with Crippen LogP contribution in [0.5, 0.6) is 0 Å². The van der Waals surface area contributed by atoms with Gasteiger partial charge in [-0.2, -0.15) is 0 Å². The number of hydrogen-bond acceptors (Lipinski definition) is 4. The fourth-order valence-electron chi connectivity index (χ4n) is 2.98. The molecule has 1 heterocycles. The number of amides is 1. The number of benzene rings is 1. The third-order valence-corrected chi connectivity index (χ3v) is 4.10. The molecule has 1 aromatic rings. The predicted molar refractivity (Wildman–Crippen MR) is 104 cm³/mol. The number of carbonyl (C=O) groups is 1. The molecule has 26 heavy (non-hydrogen) atoms. The maximum Gasteiger partial charge on any atom is 0.410 e. The minimum Gasteiger partial charge on any atom is -0.444 e. The highest BCUT2D eigenvalue weighted by Crippen LogP contribution is 2.18. The Morgan fingerprint density at radius 3 is 2.54 bits per heavy atom. The van der Waals surface area contributed by atoms with E-state index in [1.165, 1.54) is 5.56 Å². The molecule has 1 aliphatic rings. The van der Waals surface area contributed by atoms with Gasteiger partial charge in [0.1, 0.15) is 5.60 Å². The summed E-state index contributed by atoms with van der Waals surface area (Å²) in [5.41, 5.74) is 1.76. The van der Waals surface area contributed by atoms with Crippen molar-refractivity contribution in [2.45, 2.75) is 45.9 Å². The molecular formula is C21H32N2O3. The largest absolute Gasteiger partial charge is 0.444 e. The number of rotatable bonds is 6. The summed E-state index contributed by atoms with van der Waals surface area (Å²) >= 11 is 0. The molecule has 1 fully saturated rings. The minimum absolute atomic E-state index is 0.0262. The molecule has 1 atom stereocenters. The van der Waals surface area contributed by atoms with Crippen LogP contribution in [0.1, 0.15) is 33.3 Å². The lowest BCUT2D eigenvalue weighted by Crippen LogP contribution is -2.57. The molecule has 1 saturated heterocycles. The van der Waals surface area contributed by atoms with Gasteiger partial charge in [-0.15, -0.1) is 0 Å². The Morgan fingerprint density at radius 2 is 1.92 bits per heavy atom. The van der Waals surface area contributed by atoms with Gasteiger partial charge in [0, 0.05) is 26.2 Å². The molecule has 0 N–H and O–H groups in total. The maximum atomic E-state index is 12.6. The number of hydrogen-bond donors (Lipinski definition) is 0. The van der Waals surface area contributed by atoms with E-state index in [2.05, 4.69) is 35.7 Å². The topological polar surface area (TPSA) is 42.0 Å². The van der Waals surface area contributed by atoms with E-state index in [0.717, 1.165) is 25.2 Å². The molecular weight excluding hydrogens is 328 g/mol. The molecule has 5 nitrogen and oxygen atoms in total. The van der Waals surface area contributed by atoms with E-state index in [0.29, 0.717) is 19.8 Å². The lowest BCUT2D eigenvalue weighted by Gasteiger charge is -2.41. The van der Waals surface area contributed by atoms with E-state index in [4.69, 9.17) is 9.47 Å². The predicted octanol–water partition coefficient (Wildman–Crippen LogP) is 3.70. The quantitative estimate of drug-likeness (QED) is 0.726. The van der Waals surface area contributed by atoms with Crippen LogP contribution >= 0.6 is 0 Å². The fourth-order valence-corrected chi connectivity index (χ4v) is 2.98. The van der Waals surface area contributed by atoms with Crippen molar-refractivity contribution in [1.82, 2.24) is 9.80 Å². The average molecular weight is 360 g/mol. The first-order valence-electron chi connectivity index (χ1n) is 9.22. The lowest BCUT2D eigenvalue weighted by atomic mass is 10.1. The Bertz CT molecular complexity index is 595. The SMILES string of the molecule is C=C(C)COC[C@@H]1CN(Cc2ccccc2)CCN1C(=O)OC(C)(C)C. The standard InChI is InChI=1S/C21H32N2O3/c1-17(2)15-25-16-19-14-22(13-18-9-7-6-8-10-18)11-12-23(19)20(24)26-21(3,4)5/h6-10,19H,1,11-16H2,2-5H3/t19-/m0/s1. The molecule has 144 valence electrons. The van der Waals surface area contributed by atoms with Crippen LogP contribution in [0.4, 0.5) is 4.79 Å². The van der Waals surface area contributed by atoms with Crippen molar-refractivity contribution < 1.29 is 14.3 Å². The van der Waals surface area contributed by atoms with Gasteiger partial charge in [0.2, 0.25) is 0 Å². The summed E-state index contributed by atoms with van der Waals surface area (Å²) in [6.45, 7) is 15.6. The highest BCUT2D eigenvalue weighted by Gasteiger charge is 2.33. The smallest absolute Gasteiger partial charge is 0.410 e. The average Bonchev–Trinajstić information content (AvgIpc) is 2.54. The molecule has 1 amide bonds. The molecule has 0 aliphatic carbocycles. The van der Waals surface area contributed by atoms with Crippen LogP contribution in [0.2, 0.25) is 0 Å². The van der Waals surface area contributed by atoms with Gasteiger partial charge < -0.3 is 14.4 Å². The van der Waals surface area contributed by atoms with Crippen molar-refractivity contribution in [2.75, 3.05) is 32.8 Å². The van der Waals surface area contributed by atoms with Gasteiger partial charge in [0.25, 0.3) is 0 Å². The van der Waals surface area contributed by atoms with Crippen LogP contribution in [-0.2, 0) is 16.0 Å². The summed E-state index contributed by atoms with van der Waals surface area (Å²) < 4.78 is 11.4. The van der Waals surface area contributed by atoms with E-state index < -0.39 is 5.60 Å². The van der Waals surface area contributed by atoms with Gasteiger partial charge in [-0.1, -0.05) is 42.5 Å². The van der Waals surface area contributed by atoms with E-state index >= 15 is 0 Å². The van der Waals surface area contributed by atoms with Crippen molar-refractivity contribution in [3.8, 4) is 0 Å². The van der Waals surface area contributed by atoms with Crippen LogP contribution in [0.25, 0.3) is 0 Å². The molecule has 0 saturated carbocycles. The van der Waals surface area contributed by atoms with Crippen molar-refractivity contribution in [3.05, 3.63) is 48.0 Å². The maximum absolute atomic E-state index is 12.6. The molecule has 0 spiro atoms. The third kappa shape index (κ3) is 6.81. The number of piperazine rings is 1. The monoisotopic (exact) mass is 360 g/mol. The molecule has 0 aromatic heterocycles. The van der Waals surface area contributed by atoms with Gasteiger partial charge >= 0.3 is 6.09 Å². The Kier molecular flexibility index (Phi) is 7.23. The van der Waals surface area contributed by atoms with E-state index in [-0.39, 0.29) is 12.1 Å². The Balaban J connectivity index is 2.01. The minimum atomic E-state index is -0.499. The van der Waals surface area contributed by atoms with Crippen molar-refractivity contribution in [3.63, 3.8) is 0 Å². The van der Waals surface area contributed by atoms with E-state index in [9.17, 15) is 4.79 Å². The molecule has 0 unspecified atom stereocenters. The van der Waals surface area contributed by atoms with Gasteiger partial charge in [-0.05, 0) is 33.3 Å². The van der Waals surface area contributed by atoms with Gasteiger partial charge in [0.05, 0.1) is 19.3 Å². The van der Waals surface area contributed by atoms with Crippen LogP contribution < -0.4 is 0 Å². The molecule has 2 rings (SSSR count). The molecule has 1 aromatic carbocycles. The second-order valence-electron chi connectivity index (χ2n) is 8.02. The normalized spacial score (nSPS) is 18.6. The first-order valence-corrected chi connectivity index (χ1v) is 9.22.